The molecular weight excluding hydrogens is 276 g/mol. The van der Waals surface area contributed by atoms with E-state index in [0.717, 1.165) is 24.4 Å². The number of hydrogen-bond acceptors (Lipinski definition) is 3. The van der Waals surface area contributed by atoms with Crippen molar-refractivity contribution in [3.63, 3.8) is 0 Å². The van der Waals surface area contributed by atoms with Crippen LogP contribution in [-0.2, 0) is 17.8 Å². The molecule has 1 aliphatic rings. The number of aromatic nitrogens is 1. The molecule has 3 rings (SSSR count). The van der Waals surface area contributed by atoms with Crippen molar-refractivity contribution in [1.82, 2.24) is 10.1 Å². The van der Waals surface area contributed by atoms with Crippen molar-refractivity contribution in [3.8, 4) is 0 Å². The molecule has 22 heavy (non-hydrogen) atoms. The van der Waals surface area contributed by atoms with Crippen molar-refractivity contribution < 1.29 is 9.32 Å². The fraction of sp³-hybridized carbons (Fsp3) is 0.444. The lowest BCUT2D eigenvalue weighted by Crippen LogP contribution is -2.24. The zero-order chi connectivity index (χ0) is 15.5. The SMILES string of the molecule is CC(C)c1cc(CN2C[C@@H](Cc3ccccc3)CC2=O)on1. The summed E-state index contributed by atoms with van der Waals surface area (Å²) in [5, 5.41) is 4.06. The van der Waals surface area contributed by atoms with Gasteiger partial charge in [0.05, 0.1) is 12.2 Å². The second-order valence-corrected chi connectivity index (χ2v) is 6.41. The Labute approximate surface area is 131 Å². The van der Waals surface area contributed by atoms with E-state index in [4.69, 9.17) is 4.52 Å². The number of carbonyl (C=O) groups excluding carboxylic acids is 1. The molecular formula is C18H22N2O2. The van der Waals surface area contributed by atoms with Crippen LogP contribution in [0.1, 0.15) is 43.2 Å². The summed E-state index contributed by atoms with van der Waals surface area (Å²) in [7, 11) is 0. The van der Waals surface area contributed by atoms with Gasteiger partial charge in [-0.2, -0.15) is 0 Å². The minimum absolute atomic E-state index is 0.212. The second kappa shape index (κ2) is 6.34. The van der Waals surface area contributed by atoms with Gasteiger partial charge in [0, 0.05) is 19.0 Å². The van der Waals surface area contributed by atoms with Crippen LogP contribution < -0.4 is 0 Å². The average molecular weight is 298 g/mol. The van der Waals surface area contributed by atoms with Crippen molar-refractivity contribution in [2.24, 2.45) is 5.92 Å². The smallest absolute Gasteiger partial charge is 0.223 e. The zero-order valence-corrected chi connectivity index (χ0v) is 13.2. The third-order valence-corrected chi connectivity index (χ3v) is 4.18. The molecule has 1 aromatic carbocycles. The molecule has 4 nitrogen and oxygen atoms in total. The first-order valence-electron chi connectivity index (χ1n) is 7.89. The highest BCUT2D eigenvalue weighted by Crippen LogP contribution is 2.24. The Morgan fingerprint density at radius 1 is 1.32 bits per heavy atom. The van der Waals surface area contributed by atoms with Gasteiger partial charge in [-0.05, 0) is 23.8 Å². The highest BCUT2D eigenvalue weighted by Gasteiger charge is 2.30. The molecule has 0 saturated carbocycles. The fourth-order valence-electron chi connectivity index (χ4n) is 2.95. The molecule has 1 amide bonds. The number of likely N-dealkylation sites (tertiary alicyclic amines) is 1. The summed E-state index contributed by atoms with van der Waals surface area (Å²) in [5.74, 6) is 1.72. The van der Waals surface area contributed by atoms with Crippen LogP contribution in [0.15, 0.2) is 40.9 Å². The van der Waals surface area contributed by atoms with Gasteiger partial charge in [0.2, 0.25) is 5.91 Å². The van der Waals surface area contributed by atoms with Gasteiger partial charge >= 0.3 is 0 Å². The fourth-order valence-corrected chi connectivity index (χ4v) is 2.95. The normalized spacial score (nSPS) is 18.4. The number of nitrogens with zero attached hydrogens (tertiary/aromatic N) is 2. The molecule has 1 saturated heterocycles. The Balaban J connectivity index is 1.59. The largest absolute Gasteiger partial charge is 0.359 e. The van der Waals surface area contributed by atoms with Crippen molar-refractivity contribution >= 4 is 5.91 Å². The predicted molar refractivity (Wildman–Crippen MR) is 84.3 cm³/mol. The van der Waals surface area contributed by atoms with Gasteiger partial charge in [-0.1, -0.05) is 49.3 Å². The van der Waals surface area contributed by atoms with Crippen LogP contribution in [0.4, 0.5) is 0 Å². The Bertz CT molecular complexity index is 634. The Hall–Kier alpha value is -2.10. The molecule has 0 spiro atoms. The first-order chi connectivity index (χ1) is 10.6. The maximum atomic E-state index is 12.2. The highest BCUT2D eigenvalue weighted by atomic mass is 16.5. The molecule has 1 atom stereocenters. The zero-order valence-electron chi connectivity index (χ0n) is 13.2. The summed E-state index contributed by atoms with van der Waals surface area (Å²) >= 11 is 0. The van der Waals surface area contributed by atoms with E-state index >= 15 is 0 Å². The number of carbonyl (C=O) groups is 1. The van der Waals surface area contributed by atoms with Gasteiger partial charge in [-0.15, -0.1) is 0 Å². The quantitative estimate of drug-likeness (QED) is 0.850. The maximum absolute atomic E-state index is 12.2. The average Bonchev–Trinajstić information content (AvgIpc) is 3.08. The number of benzene rings is 1. The molecule has 4 heteroatoms. The Morgan fingerprint density at radius 3 is 2.77 bits per heavy atom. The van der Waals surface area contributed by atoms with E-state index < -0.39 is 0 Å². The van der Waals surface area contributed by atoms with E-state index in [0.29, 0.717) is 24.8 Å². The van der Waals surface area contributed by atoms with Crippen LogP contribution in [-0.4, -0.2) is 22.5 Å². The summed E-state index contributed by atoms with van der Waals surface area (Å²) in [6.07, 6.45) is 1.58. The monoisotopic (exact) mass is 298 g/mol. The number of hydrogen-bond donors (Lipinski definition) is 0. The van der Waals surface area contributed by atoms with Crippen molar-refractivity contribution in [2.45, 2.75) is 39.2 Å². The first-order valence-corrected chi connectivity index (χ1v) is 7.89. The van der Waals surface area contributed by atoms with Crippen LogP contribution in [0.5, 0.6) is 0 Å². The summed E-state index contributed by atoms with van der Waals surface area (Å²) < 4.78 is 5.35. The predicted octanol–water partition coefficient (Wildman–Crippen LogP) is 3.39. The van der Waals surface area contributed by atoms with Gasteiger partial charge in [0.15, 0.2) is 5.76 Å². The summed E-state index contributed by atoms with van der Waals surface area (Å²) in [5.41, 5.74) is 2.24. The molecule has 1 aliphatic heterocycles. The Kier molecular flexibility index (Phi) is 4.27. The van der Waals surface area contributed by atoms with Crippen molar-refractivity contribution in [2.75, 3.05) is 6.54 Å². The summed E-state index contributed by atoms with van der Waals surface area (Å²) in [6.45, 7) is 5.49. The Morgan fingerprint density at radius 2 is 2.09 bits per heavy atom. The lowest BCUT2D eigenvalue weighted by molar-refractivity contribution is -0.128. The summed E-state index contributed by atoms with van der Waals surface area (Å²) in [4.78, 5) is 14.1. The van der Waals surface area contributed by atoms with Gasteiger partial charge in [0.1, 0.15) is 0 Å². The van der Waals surface area contributed by atoms with Crippen LogP contribution in [0.3, 0.4) is 0 Å². The second-order valence-electron chi connectivity index (χ2n) is 6.41. The molecule has 1 aromatic heterocycles. The van der Waals surface area contributed by atoms with E-state index in [1.807, 2.05) is 29.2 Å². The third-order valence-electron chi connectivity index (χ3n) is 4.18. The first kappa shape index (κ1) is 14.8. The molecule has 0 bridgehead atoms. The lowest BCUT2D eigenvalue weighted by atomic mass is 9.99. The van der Waals surface area contributed by atoms with Gasteiger partial charge in [-0.3, -0.25) is 4.79 Å². The van der Waals surface area contributed by atoms with Gasteiger partial charge < -0.3 is 9.42 Å². The number of amides is 1. The minimum Gasteiger partial charge on any atom is -0.359 e. The summed E-state index contributed by atoms with van der Waals surface area (Å²) in [6, 6.07) is 12.3. The molecule has 0 N–H and O–H groups in total. The van der Waals surface area contributed by atoms with Crippen molar-refractivity contribution in [3.05, 3.63) is 53.4 Å². The maximum Gasteiger partial charge on any atom is 0.223 e. The molecule has 0 aliphatic carbocycles. The van der Waals surface area contributed by atoms with Crippen LogP contribution in [0, 0.1) is 5.92 Å². The lowest BCUT2D eigenvalue weighted by Gasteiger charge is -2.14. The highest BCUT2D eigenvalue weighted by molar-refractivity contribution is 5.78. The molecule has 0 radical (unpaired) electrons. The third kappa shape index (κ3) is 3.38. The van der Waals surface area contributed by atoms with E-state index in [-0.39, 0.29) is 5.91 Å². The molecule has 1 fully saturated rings. The van der Waals surface area contributed by atoms with Gasteiger partial charge in [0.25, 0.3) is 0 Å². The van der Waals surface area contributed by atoms with E-state index in [2.05, 4.69) is 31.1 Å². The topological polar surface area (TPSA) is 46.3 Å². The number of rotatable bonds is 5. The molecule has 2 aromatic rings. The molecule has 0 unspecified atom stereocenters. The van der Waals surface area contributed by atoms with E-state index in [1.54, 1.807) is 0 Å². The van der Waals surface area contributed by atoms with Gasteiger partial charge in [-0.25, -0.2) is 0 Å². The van der Waals surface area contributed by atoms with E-state index in [9.17, 15) is 4.79 Å². The van der Waals surface area contributed by atoms with Crippen LogP contribution in [0.25, 0.3) is 0 Å². The van der Waals surface area contributed by atoms with E-state index in [1.165, 1.54) is 5.56 Å². The standard InChI is InChI=1S/C18H22N2O2/c1-13(2)17-10-16(22-19-17)12-20-11-15(9-18(20)21)8-14-6-4-3-5-7-14/h3-7,10,13,15H,8-9,11-12H2,1-2H3/t15-/m0/s1. The van der Waals surface area contributed by atoms with Crippen LogP contribution in [0.2, 0.25) is 0 Å². The van der Waals surface area contributed by atoms with Crippen LogP contribution >= 0.6 is 0 Å². The molecule has 116 valence electrons. The minimum atomic E-state index is 0.212. The van der Waals surface area contributed by atoms with Crippen molar-refractivity contribution in [1.29, 1.82) is 0 Å². The molecule has 2 heterocycles.